The lowest BCUT2D eigenvalue weighted by atomic mass is 9.93. The number of nitrogens with zero attached hydrogens (tertiary/aromatic N) is 3. The second kappa shape index (κ2) is 4.93. The van der Waals surface area contributed by atoms with Gasteiger partial charge in [-0.05, 0) is 0 Å². The summed E-state index contributed by atoms with van der Waals surface area (Å²) in [6.45, 7) is 6.20. The van der Waals surface area contributed by atoms with E-state index in [4.69, 9.17) is 5.73 Å². The predicted octanol–water partition coefficient (Wildman–Crippen LogP) is 2.07. The third-order valence-electron chi connectivity index (χ3n) is 2.38. The van der Waals surface area contributed by atoms with Crippen LogP contribution in [0.15, 0.2) is 17.8 Å². The molecule has 0 spiro atoms. The van der Waals surface area contributed by atoms with Crippen LogP contribution in [0.5, 0.6) is 0 Å². The van der Waals surface area contributed by atoms with Crippen LogP contribution < -0.4 is 11.1 Å². The molecule has 2 rings (SSSR count). The normalized spacial score (nSPS) is 11.3. The number of nitrogens with one attached hydrogen (secondary N) is 1. The summed E-state index contributed by atoms with van der Waals surface area (Å²) in [7, 11) is 0. The van der Waals surface area contributed by atoms with Gasteiger partial charge < -0.3 is 5.73 Å². The van der Waals surface area contributed by atoms with E-state index in [2.05, 4.69) is 41.0 Å². The van der Waals surface area contributed by atoms with Crippen molar-refractivity contribution in [3.8, 4) is 0 Å². The molecular formula is C12H15N5OS. The molecule has 0 fully saturated rings. The maximum Gasteiger partial charge on any atom is 0.277 e. The minimum Gasteiger partial charge on any atom is -0.382 e. The van der Waals surface area contributed by atoms with Crippen LogP contribution in [0.3, 0.4) is 0 Å². The second-order valence-electron chi connectivity index (χ2n) is 5.07. The van der Waals surface area contributed by atoms with Crippen molar-refractivity contribution in [2.24, 2.45) is 0 Å². The smallest absolute Gasteiger partial charge is 0.277 e. The molecular weight excluding hydrogens is 262 g/mol. The highest BCUT2D eigenvalue weighted by Gasteiger charge is 2.18. The first-order valence-electron chi connectivity index (χ1n) is 5.71. The number of aromatic nitrogens is 3. The lowest BCUT2D eigenvalue weighted by Gasteiger charge is -2.14. The number of hydrogen-bond acceptors (Lipinski definition) is 6. The fraction of sp³-hybridized carbons (Fsp3) is 0.333. The SMILES string of the molecule is CC(C)(C)c1csc(NC(=O)c2cncc(N)n2)n1. The standard InChI is InChI=1S/C12H15N5OS/c1-12(2,3)8-6-19-11(16-8)17-10(18)7-4-14-5-9(13)15-7/h4-6H,1-3H3,(H2,13,15)(H,16,17,18). The van der Waals surface area contributed by atoms with Gasteiger partial charge >= 0.3 is 0 Å². The molecule has 0 aromatic carbocycles. The monoisotopic (exact) mass is 277 g/mol. The van der Waals surface area contributed by atoms with Crippen molar-refractivity contribution in [1.29, 1.82) is 0 Å². The Bertz CT molecular complexity index is 602. The van der Waals surface area contributed by atoms with Crippen molar-refractivity contribution in [2.45, 2.75) is 26.2 Å². The number of carbonyl (C=O) groups is 1. The largest absolute Gasteiger partial charge is 0.382 e. The van der Waals surface area contributed by atoms with Crippen molar-refractivity contribution in [3.05, 3.63) is 29.2 Å². The van der Waals surface area contributed by atoms with E-state index >= 15 is 0 Å². The van der Waals surface area contributed by atoms with Crippen LogP contribution in [0.2, 0.25) is 0 Å². The second-order valence-corrected chi connectivity index (χ2v) is 5.93. The van der Waals surface area contributed by atoms with E-state index in [1.54, 1.807) is 0 Å². The van der Waals surface area contributed by atoms with Gasteiger partial charge in [0.15, 0.2) is 5.13 Å². The fourth-order valence-electron chi connectivity index (χ4n) is 1.33. The molecule has 0 aliphatic heterocycles. The molecule has 0 radical (unpaired) electrons. The molecule has 0 atom stereocenters. The lowest BCUT2D eigenvalue weighted by Crippen LogP contribution is -2.16. The summed E-state index contributed by atoms with van der Waals surface area (Å²) in [5, 5.41) is 5.16. The average Bonchev–Trinajstić information content (AvgIpc) is 2.77. The van der Waals surface area contributed by atoms with Crippen LogP contribution in [-0.4, -0.2) is 20.9 Å². The van der Waals surface area contributed by atoms with E-state index < -0.39 is 0 Å². The van der Waals surface area contributed by atoms with Gasteiger partial charge in [-0.2, -0.15) is 0 Å². The highest BCUT2D eigenvalue weighted by molar-refractivity contribution is 7.14. The molecule has 0 bridgehead atoms. The Morgan fingerprint density at radius 2 is 2.05 bits per heavy atom. The summed E-state index contributed by atoms with van der Waals surface area (Å²) >= 11 is 1.38. The first-order chi connectivity index (χ1) is 8.86. The highest BCUT2D eigenvalue weighted by Crippen LogP contribution is 2.26. The summed E-state index contributed by atoms with van der Waals surface area (Å²) < 4.78 is 0. The Morgan fingerprint density at radius 1 is 1.32 bits per heavy atom. The van der Waals surface area contributed by atoms with Gasteiger partial charge in [-0.3, -0.25) is 15.1 Å². The summed E-state index contributed by atoms with van der Waals surface area (Å²) in [6, 6.07) is 0. The fourth-order valence-corrected chi connectivity index (χ4v) is 2.26. The molecule has 2 aromatic rings. The Hall–Kier alpha value is -2.02. The maximum atomic E-state index is 11.9. The third-order valence-corrected chi connectivity index (χ3v) is 3.14. The number of amides is 1. The van der Waals surface area contributed by atoms with E-state index in [9.17, 15) is 4.79 Å². The Balaban J connectivity index is 2.13. The zero-order valence-corrected chi connectivity index (χ0v) is 11.8. The quantitative estimate of drug-likeness (QED) is 0.876. The number of hydrogen-bond donors (Lipinski definition) is 2. The molecule has 1 amide bonds. The molecule has 100 valence electrons. The van der Waals surface area contributed by atoms with E-state index in [-0.39, 0.29) is 22.8 Å². The number of thiazole rings is 1. The molecule has 6 nitrogen and oxygen atoms in total. The molecule has 0 aliphatic rings. The Kier molecular flexibility index (Phi) is 3.48. The van der Waals surface area contributed by atoms with Gasteiger partial charge in [0.25, 0.3) is 5.91 Å². The molecule has 7 heteroatoms. The van der Waals surface area contributed by atoms with Crippen molar-refractivity contribution in [3.63, 3.8) is 0 Å². The predicted molar refractivity (Wildman–Crippen MR) is 75.2 cm³/mol. The lowest BCUT2D eigenvalue weighted by molar-refractivity contribution is 0.102. The topological polar surface area (TPSA) is 93.8 Å². The molecule has 0 saturated heterocycles. The van der Waals surface area contributed by atoms with Crippen molar-refractivity contribution >= 4 is 28.2 Å². The number of rotatable bonds is 2. The summed E-state index contributed by atoms with van der Waals surface area (Å²) in [5.41, 5.74) is 6.55. The van der Waals surface area contributed by atoms with Crippen LogP contribution >= 0.6 is 11.3 Å². The number of carbonyl (C=O) groups excluding carboxylic acids is 1. The maximum absolute atomic E-state index is 11.9. The van der Waals surface area contributed by atoms with Crippen molar-refractivity contribution in [2.75, 3.05) is 11.1 Å². The van der Waals surface area contributed by atoms with Gasteiger partial charge in [-0.15, -0.1) is 11.3 Å². The van der Waals surface area contributed by atoms with Gasteiger partial charge in [0.1, 0.15) is 11.5 Å². The summed E-state index contributed by atoms with van der Waals surface area (Å²) in [6.07, 6.45) is 2.75. The van der Waals surface area contributed by atoms with Gasteiger partial charge in [0.05, 0.1) is 18.1 Å². The Labute approximate surface area is 115 Å². The molecule has 2 heterocycles. The zero-order valence-electron chi connectivity index (χ0n) is 11.0. The van der Waals surface area contributed by atoms with Gasteiger partial charge in [0, 0.05) is 10.8 Å². The van der Waals surface area contributed by atoms with E-state index in [0.717, 1.165) is 5.69 Å². The highest BCUT2D eigenvalue weighted by atomic mass is 32.1. The number of nitrogen functional groups attached to an aromatic ring is 1. The first-order valence-corrected chi connectivity index (χ1v) is 6.59. The summed E-state index contributed by atoms with van der Waals surface area (Å²) in [5.74, 6) is -0.156. The minimum absolute atomic E-state index is 0.0452. The van der Waals surface area contributed by atoms with E-state index in [1.807, 2.05) is 5.38 Å². The minimum atomic E-state index is -0.366. The molecule has 19 heavy (non-hydrogen) atoms. The molecule has 3 N–H and O–H groups in total. The van der Waals surface area contributed by atoms with Gasteiger partial charge in [0.2, 0.25) is 0 Å². The van der Waals surface area contributed by atoms with Gasteiger partial charge in [-0.25, -0.2) is 9.97 Å². The van der Waals surface area contributed by atoms with Crippen LogP contribution in [0.1, 0.15) is 37.0 Å². The van der Waals surface area contributed by atoms with Crippen LogP contribution in [0.25, 0.3) is 0 Å². The first kappa shape index (κ1) is 13.4. The number of anilines is 2. The van der Waals surface area contributed by atoms with E-state index in [0.29, 0.717) is 5.13 Å². The Morgan fingerprint density at radius 3 is 2.63 bits per heavy atom. The van der Waals surface area contributed by atoms with Crippen LogP contribution in [-0.2, 0) is 5.41 Å². The third kappa shape index (κ3) is 3.25. The average molecular weight is 277 g/mol. The number of nitrogens with two attached hydrogens (primary N) is 1. The van der Waals surface area contributed by atoms with Crippen molar-refractivity contribution in [1.82, 2.24) is 15.0 Å². The molecule has 0 aliphatic carbocycles. The van der Waals surface area contributed by atoms with E-state index in [1.165, 1.54) is 23.7 Å². The van der Waals surface area contributed by atoms with Crippen molar-refractivity contribution < 1.29 is 4.79 Å². The summed E-state index contributed by atoms with van der Waals surface area (Å²) in [4.78, 5) is 24.0. The van der Waals surface area contributed by atoms with Gasteiger partial charge in [-0.1, -0.05) is 20.8 Å². The van der Waals surface area contributed by atoms with Crippen LogP contribution in [0, 0.1) is 0 Å². The molecule has 0 saturated carbocycles. The molecule has 0 unspecified atom stereocenters. The molecule has 2 aromatic heterocycles. The van der Waals surface area contributed by atoms with Crippen LogP contribution in [0.4, 0.5) is 10.9 Å². The zero-order chi connectivity index (χ0) is 14.0.